The molecular weight excluding hydrogens is 388 g/mol. The van der Waals surface area contributed by atoms with Crippen LogP contribution in [0, 0.1) is 0 Å². The standard InChI is InChI=1S/C26H32N2O3/c29-24-19-31-26(28(24)23-15-5-2-6-16-23)22-14-9-13-21(18-22)25(30)27-17-8-7-12-20-10-3-1-4-11-20/h1,3-4,9-11,13-14,18,23,26H,2,5-8,12,15-17,19H2,(H,27,30). The highest BCUT2D eigenvalue weighted by atomic mass is 16.5. The van der Waals surface area contributed by atoms with Gasteiger partial charge in [-0.05, 0) is 49.8 Å². The number of benzene rings is 2. The Kier molecular flexibility index (Phi) is 7.36. The smallest absolute Gasteiger partial charge is 0.251 e. The van der Waals surface area contributed by atoms with Gasteiger partial charge in [-0.15, -0.1) is 0 Å². The molecule has 1 aliphatic heterocycles. The van der Waals surface area contributed by atoms with Crippen molar-refractivity contribution in [2.75, 3.05) is 13.2 Å². The van der Waals surface area contributed by atoms with Crippen LogP contribution in [0.2, 0.25) is 0 Å². The number of carbonyl (C=O) groups is 2. The second-order valence-corrected chi connectivity index (χ2v) is 8.58. The molecule has 0 bridgehead atoms. The van der Waals surface area contributed by atoms with E-state index in [2.05, 4.69) is 29.6 Å². The van der Waals surface area contributed by atoms with E-state index in [0.29, 0.717) is 12.1 Å². The van der Waals surface area contributed by atoms with Crippen LogP contribution in [-0.2, 0) is 16.0 Å². The minimum Gasteiger partial charge on any atom is -0.352 e. The highest BCUT2D eigenvalue weighted by molar-refractivity contribution is 5.94. The molecule has 1 aliphatic carbocycles. The van der Waals surface area contributed by atoms with E-state index >= 15 is 0 Å². The molecule has 164 valence electrons. The van der Waals surface area contributed by atoms with Gasteiger partial charge in [0, 0.05) is 23.7 Å². The summed E-state index contributed by atoms with van der Waals surface area (Å²) in [5, 5.41) is 3.03. The second-order valence-electron chi connectivity index (χ2n) is 8.58. The molecule has 0 aromatic heterocycles. The summed E-state index contributed by atoms with van der Waals surface area (Å²) in [4.78, 5) is 27.1. The highest BCUT2D eigenvalue weighted by Gasteiger charge is 2.38. The first kappa shape index (κ1) is 21.6. The van der Waals surface area contributed by atoms with E-state index in [-0.39, 0.29) is 30.7 Å². The van der Waals surface area contributed by atoms with Gasteiger partial charge in [-0.25, -0.2) is 0 Å². The Hall–Kier alpha value is -2.66. The van der Waals surface area contributed by atoms with Crippen LogP contribution in [0.15, 0.2) is 54.6 Å². The molecular formula is C26H32N2O3. The number of ether oxygens (including phenoxy) is 1. The second kappa shape index (κ2) is 10.6. The van der Waals surface area contributed by atoms with Crippen molar-refractivity contribution in [3.8, 4) is 0 Å². The van der Waals surface area contributed by atoms with Crippen molar-refractivity contribution in [1.29, 1.82) is 0 Å². The van der Waals surface area contributed by atoms with Crippen LogP contribution >= 0.6 is 0 Å². The lowest BCUT2D eigenvalue weighted by atomic mass is 9.93. The molecule has 1 heterocycles. The Morgan fingerprint density at radius 1 is 1.00 bits per heavy atom. The molecule has 2 aromatic rings. The van der Waals surface area contributed by atoms with Crippen LogP contribution in [-0.4, -0.2) is 35.9 Å². The highest BCUT2D eigenvalue weighted by Crippen LogP contribution is 2.35. The summed E-state index contributed by atoms with van der Waals surface area (Å²) < 4.78 is 5.85. The maximum absolute atomic E-state index is 12.7. The maximum Gasteiger partial charge on any atom is 0.251 e. The third kappa shape index (κ3) is 5.53. The summed E-state index contributed by atoms with van der Waals surface area (Å²) in [5.74, 6) is -0.0136. The van der Waals surface area contributed by atoms with Gasteiger partial charge in [0.05, 0.1) is 0 Å². The average Bonchev–Trinajstić information content (AvgIpc) is 3.21. The summed E-state index contributed by atoms with van der Waals surface area (Å²) in [6.45, 7) is 0.779. The predicted molar refractivity (Wildman–Crippen MR) is 121 cm³/mol. The molecule has 1 saturated carbocycles. The quantitative estimate of drug-likeness (QED) is 0.634. The number of hydrogen-bond donors (Lipinski definition) is 1. The molecule has 0 radical (unpaired) electrons. The van der Waals surface area contributed by atoms with Crippen LogP contribution in [0.25, 0.3) is 0 Å². The van der Waals surface area contributed by atoms with Crippen LogP contribution in [0.4, 0.5) is 0 Å². The van der Waals surface area contributed by atoms with Gasteiger partial charge in [-0.1, -0.05) is 61.7 Å². The monoisotopic (exact) mass is 420 g/mol. The first-order valence-electron chi connectivity index (χ1n) is 11.6. The van der Waals surface area contributed by atoms with Crippen molar-refractivity contribution < 1.29 is 14.3 Å². The maximum atomic E-state index is 12.7. The van der Waals surface area contributed by atoms with Crippen LogP contribution in [0.3, 0.4) is 0 Å². The summed E-state index contributed by atoms with van der Waals surface area (Å²) in [6, 6.07) is 18.2. The first-order valence-corrected chi connectivity index (χ1v) is 11.6. The van der Waals surface area contributed by atoms with Crippen molar-refractivity contribution in [3.05, 3.63) is 71.3 Å². The van der Waals surface area contributed by atoms with Gasteiger partial charge in [0.25, 0.3) is 11.8 Å². The van der Waals surface area contributed by atoms with E-state index in [1.165, 1.54) is 12.0 Å². The lowest BCUT2D eigenvalue weighted by molar-refractivity contribution is -0.131. The number of unbranched alkanes of at least 4 members (excludes halogenated alkanes) is 1. The summed E-state index contributed by atoms with van der Waals surface area (Å²) >= 11 is 0. The summed E-state index contributed by atoms with van der Waals surface area (Å²) in [6.07, 6.45) is 8.26. The summed E-state index contributed by atoms with van der Waals surface area (Å²) in [7, 11) is 0. The topological polar surface area (TPSA) is 58.6 Å². The van der Waals surface area contributed by atoms with Crippen LogP contribution < -0.4 is 5.32 Å². The minimum absolute atomic E-state index is 0.0603. The van der Waals surface area contributed by atoms with Crippen molar-refractivity contribution in [2.45, 2.75) is 63.6 Å². The number of amides is 2. The molecule has 2 aromatic carbocycles. The predicted octanol–water partition coefficient (Wildman–Crippen LogP) is 4.63. The average molecular weight is 421 g/mol. The largest absolute Gasteiger partial charge is 0.352 e. The normalized spacial score (nSPS) is 19.5. The van der Waals surface area contributed by atoms with E-state index < -0.39 is 0 Å². The molecule has 4 rings (SSSR count). The Balaban J connectivity index is 1.31. The van der Waals surface area contributed by atoms with Crippen molar-refractivity contribution in [2.24, 2.45) is 0 Å². The van der Waals surface area contributed by atoms with Gasteiger partial charge in [-0.2, -0.15) is 0 Å². The van der Waals surface area contributed by atoms with Crippen molar-refractivity contribution in [3.63, 3.8) is 0 Å². The van der Waals surface area contributed by atoms with E-state index in [4.69, 9.17) is 4.74 Å². The van der Waals surface area contributed by atoms with E-state index in [9.17, 15) is 9.59 Å². The molecule has 2 fully saturated rings. The van der Waals surface area contributed by atoms with Crippen LogP contribution in [0.1, 0.15) is 72.7 Å². The number of hydrogen-bond acceptors (Lipinski definition) is 3. The van der Waals surface area contributed by atoms with Gasteiger partial charge in [0.1, 0.15) is 6.61 Å². The van der Waals surface area contributed by atoms with Gasteiger partial charge in [-0.3, -0.25) is 9.59 Å². The number of nitrogens with one attached hydrogen (secondary N) is 1. The van der Waals surface area contributed by atoms with Gasteiger partial charge >= 0.3 is 0 Å². The number of carbonyl (C=O) groups excluding carboxylic acids is 2. The number of rotatable bonds is 8. The Morgan fingerprint density at radius 2 is 1.81 bits per heavy atom. The fourth-order valence-corrected chi connectivity index (χ4v) is 4.68. The number of aryl methyl sites for hydroxylation is 1. The van der Waals surface area contributed by atoms with Crippen molar-refractivity contribution in [1.82, 2.24) is 10.2 Å². The molecule has 31 heavy (non-hydrogen) atoms. The van der Waals surface area contributed by atoms with Gasteiger partial charge < -0.3 is 15.0 Å². The first-order chi connectivity index (χ1) is 15.2. The lowest BCUT2D eigenvalue weighted by Crippen LogP contribution is -2.39. The molecule has 0 spiro atoms. The zero-order valence-electron chi connectivity index (χ0n) is 18.1. The molecule has 2 amide bonds. The fraction of sp³-hybridized carbons (Fsp3) is 0.462. The summed E-state index contributed by atoms with van der Waals surface area (Å²) in [5.41, 5.74) is 2.83. The molecule has 1 N–H and O–H groups in total. The molecule has 2 aliphatic rings. The molecule has 1 atom stereocenters. The van der Waals surface area contributed by atoms with Gasteiger partial charge in [0.15, 0.2) is 6.23 Å². The molecule has 5 nitrogen and oxygen atoms in total. The van der Waals surface area contributed by atoms with E-state index in [0.717, 1.165) is 50.5 Å². The van der Waals surface area contributed by atoms with E-state index in [1.807, 2.05) is 35.2 Å². The van der Waals surface area contributed by atoms with Crippen molar-refractivity contribution >= 4 is 11.8 Å². The Labute approximate surface area is 184 Å². The zero-order chi connectivity index (χ0) is 21.5. The lowest BCUT2D eigenvalue weighted by Gasteiger charge is -2.34. The molecule has 5 heteroatoms. The minimum atomic E-state index is -0.380. The fourth-order valence-electron chi connectivity index (χ4n) is 4.68. The molecule has 1 saturated heterocycles. The van der Waals surface area contributed by atoms with Gasteiger partial charge in [0.2, 0.25) is 0 Å². The third-order valence-corrected chi connectivity index (χ3v) is 6.33. The number of nitrogens with zero attached hydrogens (tertiary/aromatic N) is 1. The molecule has 1 unspecified atom stereocenters. The Morgan fingerprint density at radius 3 is 2.61 bits per heavy atom. The SMILES string of the molecule is O=C(NCCCCc1ccccc1)c1cccc(C2OCC(=O)N2C2CCCCC2)c1. The zero-order valence-corrected chi connectivity index (χ0v) is 18.1. The van der Waals surface area contributed by atoms with Crippen LogP contribution in [0.5, 0.6) is 0 Å². The third-order valence-electron chi connectivity index (χ3n) is 6.33. The van der Waals surface area contributed by atoms with E-state index in [1.54, 1.807) is 0 Å². The Bertz CT molecular complexity index is 877.